The van der Waals surface area contributed by atoms with E-state index >= 15 is 0 Å². The van der Waals surface area contributed by atoms with Gasteiger partial charge in [0.15, 0.2) is 17.1 Å². The SMILES string of the molecule is COc1ccc(C[C@]2(O)COc3cc(O)cc(O)c3C2=O)cc1O. The maximum atomic E-state index is 12.6. The first-order valence-corrected chi connectivity index (χ1v) is 7.16. The number of ketones is 1. The molecule has 1 atom stereocenters. The number of carbonyl (C=O) groups excluding carboxylic acids is 1. The van der Waals surface area contributed by atoms with E-state index in [4.69, 9.17) is 9.47 Å². The maximum absolute atomic E-state index is 12.6. The van der Waals surface area contributed by atoms with Crippen LogP contribution in [0.4, 0.5) is 0 Å². The molecule has 4 N–H and O–H groups in total. The lowest BCUT2D eigenvalue weighted by Gasteiger charge is -2.32. The molecule has 0 fully saturated rings. The van der Waals surface area contributed by atoms with Crippen molar-refractivity contribution in [2.45, 2.75) is 12.0 Å². The number of rotatable bonds is 3. The zero-order valence-corrected chi connectivity index (χ0v) is 12.8. The van der Waals surface area contributed by atoms with Crippen LogP contribution in [-0.4, -0.2) is 45.5 Å². The number of phenolic OH excluding ortho intramolecular Hbond substituents is 3. The number of Topliss-reactive ketones (excluding diaryl/α,β-unsaturated/α-hetero) is 1. The fourth-order valence-corrected chi connectivity index (χ4v) is 2.74. The summed E-state index contributed by atoms with van der Waals surface area (Å²) in [6, 6.07) is 6.72. The van der Waals surface area contributed by atoms with Crippen LogP contribution in [0.5, 0.6) is 28.7 Å². The molecule has 2 aromatic carbocycles. The topological polar surface area (TPSA) is 116 Å². The molecule has 0 bridgehead atoms. The average Bonchev–Trinajstić information content (AvgIpc) is 2.51. The number of ether oxygens (including phenoxy) is 2. The van der Waals surface area contributed by atoms with Gasteiger partial charge in [0, 0.05) is 18.6 Å². The molecule has 126 valence electrons. The van der Waals surface area contributed by atoms with Crippen molar-refractivity contribution in [3.63, 3.8) is 0 Å². The number of aromatic hydroxyl groups is 3. The van der Waals surface area contributed by atoms with Crippen LogP contribution in [0.2, 0.25) is 0 Å². The lowest BCUT2D eigenvalue weighted by Crippen LogP contribution is -2.49. The molecule has 0 saturated carbocycles. The highest BCUT2D eigenvalue weighted by Gasteiger charge is 2.44. The number of carbonyl (C=O) groups is 1. The molecule has 0 aliphatic carbocycles. The van der Waals surface area contributed by atoms with Crippen molar-refractivity contribution < 1.29 is 34.7 Å². The number of hydrogen-bond acceptors (Lipinski definition) is 7. The first kappa shape index (κ1) is 15.9. The minimum atomic E-state index is -1.90. The standard InChI is InChI=1S/C17H16O7/c1-23-13-3-2-9(4-11(13)19)7-17(22)8-24-14-6-10(18)5-12(20)15(14)16(17)21/h2-6,18-20,22H,7-8H2,1H3/t17-/m0/s1. The molecule has 7 heteroatoms. The van der Waals surface area contributed by atoms with Crippen molar-refractivity contribution in [2.75, 3.05) is 13.7 Å². The van der Waals surface area contributed by atoms with Gasteiger partial charge in [-0.3, -0.25) is 4.79 Å². The smallest absolute Gasteiger partial charge is 0.205 e. The molecule has 7 nitrogen and oxygen atoms in total. The van der Waals surface area contributed by atoms with E-state index in [9.17, 15) is 25.2 Å². The first-order valence-electron chi connectivity index (χ1n) is 7.16. The van der Waals surface area contributed by atoms with Gasteiger partial charge in [-0.15, -0.1) is 0 Å². The minimum Gasteiger partial charge on any atom is -0.508 e. The summed E-state index contributed by atoms with van der Waals surface area (Å²) in [5.41, 5.74) is -1.59. The van der Waals surface area contributed by atoms with E-state index in [0.29, 0.717) is 5.56 Å². The van der Waals surface area contributed by atoms with Crippen molar-refractivity contribution in [3.8, 4) is 28.7 Å². The maximum Gasteiger partial charge on any atom is 0.205 e. The summed E-state index contributed by atoms with van der Waals surface area (Å²) >= 11 is 0. The van der Waals surface area contributed by atoms with Crippen LogP contribution >= 0.6 is 0 Å². The largest absolute Gasteiger partial charge is 0.508 e. The number of aliphatic hydroxyl groups is 1. The van der Waals surface area contributed by atoms with Crippen molar-refractivity contribution in [1.82, 2.24) is 0 Å². The Hall–Kier alpha value is -2.93. The van der Waals surface area contributed by atoms with Gasteiger partial charge in [-0.2, -0.15) is 0 Å². The van der Waals surface area contributed by atoms with E-state index in [-0.39, 0.29) is 41.6 Å². The molecule has 0 spiro atoms. The second-order valence-corrected chi connectivity index (χ2v) is 5.67. The molecule has 0 saturated heterocycles. The average molecular weight is 332 g/mol. The molecule has 0 unspecified atom stereocenters. The number of benzene rings is 2. The van der Waals surface area contributed by atoms with Crippen LogP contribution in [0.3, 0.4) is 0 Å². The predicted octanol–water partition coefficient (Wildman–Crippen LogP) is 1.36. The molecule has 1 aliphatic rings. The minimum absolute atomic E-state index is 0.0137. The van der Waals surface area contributed by atoms with Crippen LogP contribution in [-0.2, 0) is 6.42 Å². The van der Waals surface area contributed by atoms with Gasteiger partial charge in [0.2, 0.25) is 5.78 Å². The second kappa shape index (κ2) is 5.61. The van der Waals surface area contributed by atoms with E-state index in [1.807, 2.05) is 0 Å². The molecular formula is C17H16O7. The van der Waals surface area contributed by atoms with Crippen molar-refractivity contribution in [3.05, 3.63) is 41.5 Å². The van der Waals surface area contributed by atoms with Crippen LogP contribution in [0.25, 0.3) is 0 Å². The second-order valence-electron chi connectivity index (χ2n) is 5.67. The lowest BCUT2D eigenvalue weighted by atomic mass is 9.85. The van der Waals surface area contributed by atoms with Crippen LogP contribution < -0.4 is 9.47 Å². The van der Waals surface area contributed by atoms with Gasteiger partial charge >= 0.3 is 0 Å². The van der Waals surface area contributed by atoms with E-state index in [1.54, 1.807) is 6.07 Å². The van der Waals surface area contributed by atoms with Crippen LogP contribution in [0.15, 0.2) is 30.3 Å². The Labute approximate surface area is 137 Å². The normalized spacial score (nSPS) is 19.5. The zero-order chi connectivity index (χ0) is 17.5. The quantitative estimate of drug-likeness (QED) is 0.670. The monoisotopic (exact) mass is 332 g/mol. The Morgan fingerprint density at radius 2 is 1.92 bits per heavy atom. The predicted molar refractivity (Wildman–Crippen MR) is 82.9 cm³/mol. The van der Waals surface area contributed by atoms with E-state index < -0.39 is 17.1 Å². The molecule has 1 aliphatic heterocycles. The fourth-order valence-electron chi connectivity index (χ4n) is 2.74. The molecule has 0 aromatic heterocycles. The third kappa shape index (κ3) is 2.59. The molecule has 3 rings (SSSR count). The number of fused-ring (bicyclic) bond motifs is 1. The zero-order valence-electron chi connectivity index (χ0n) is 12.8. The molecular weight excluding hydrogens is 316 g/mol. The molecule has 2 aromatic rings. The van der Waals surface area contributed by atoms with E-state index in [1.165, 1.54) is 25.3 Å². The summed E-state index contributed by atoms with van der Waals surface area (Å²) in [5.74, 6) is -1.25. The van der Waals surface area contributed by atoms with Gasteiger partial charge in [-0.1, -0.05) is 6.07 Å². The van der Waals surface area contributed by atoms with Crippen molar-refractivity contribution in [2.24, 2.45) is 0 Å². The van der Waals surface area contributed by atoms with Crippen molar-refractivity contribution >= 4 is 5.78 Å². The van der Waals surface area contributed by atoms with Crippen LogP contribution in [0.1, 0.15) is 15.9 Å². The van der Waals surface area contributed by atoms with Crippen LogP contribution in [0, 0.1) is 0 Å². The number of phenols is 3. The summed E-state index contributed by atoms with van der Waals surface area (Å²) < 4.78 is 10.3. The van der Waals surface area contributed by atoms with E-state index in [0.717, 1.165) is 6.07 Å². The van der Waals surface area contributed by atoms with Gasteiger partial charge in [-0.05, 0) is 17.7 Å². The van der Waals surface area contributed by atoms with Gasteiger partial charge in [0.05, 0.1) is 7.11 Å². The number of hydrogen-bond donors (Lipinski definition) is 4. The highest BCUT2D eigenvalue weighted by atomic mass is 16.5. The van der Waals surface area contributed by atoms with E-state index in [2.05, 4.69) is 0 Å². The van der Waals surface area contributed by atoms with Gasteiger partial charge < -0.3 is 29.9 Å². The van der Waals surface area contributed by atoms with Gasteiger partial charge in [-0.25, -0.2) is 0 Å². The molecule has 1 heterocycles. The number of methoxy groups -OCH3 is 1. The highest BCUT2D eigenvalue weighted by molar-refractivity contribution is 6.08. The molecule has 24 heavy (non-hydrogen) atoms. The summed E-state index contributed by atoms with van der Waals surface area (Å²) in [7, 11) is 1.41. The Morgan fingerprint density at radius 3 is 2.58 bits per heavy atom. The van der Waals surface area contributed by atoms with Crippen molar-refractivity contribution in [1.29, 1.82) is 0 Å². The fraction of sp³-hybridized carbons (Fsp3) is 0.235. The first-order chi connectivity index (χ1) is 11.3. The summed E-state index contributed by atoms with van der Waals surface area (Å²) in [6.07, 6.45) is -0.122. The summed E-state index contributed by atoms with van der Waals surface area (Å²) in [4.78, 5) is 12.6. The molecule has 0 amide bonds. The third-order valence-corrected chi connectivity index (χ3v) is 3.92. The van der Waals surface area contributed by atoms with Gasteiger partial charge in [0.25, 0.3) is 0 Å². The summed E-state index contributed by atoms with van der Waals surface area (Å²) in [6.45, 7) is -0.339. The third-order valence-electron chi connectivity index (χ3n) is 3.92. The Kier molecular flexibility index (Phi) is 3.73. The van der Waals surface area contributed by atoms with Gasteiger partial charge in [0.1, 0.15) is 29.4 Å². The molecule has 0 radical (unpaired) electrons. The Morgan fingerprint density at radius 1 is 1.17 bits per heavy atom. The highest BCUT2D eigenvalue weighted by Crippen LogP contribution is 2.40. The summed E-state index contributed by atoms with van der Waals surface area (Å²) in [5, 5.41) is 39.8. The Balaban J connectivity index is 1.94. The Bertz CT molecular complexity index is 815. The lowest BCUT2D eigenvalue weighted by molar-refractivity contribution is -0.00242.